The van der Waals surface area contributed by atoms with Gasteiger partial charge in [0, 0.05) is 6.92 Å². The van der Waals surface area contributed by atoms with E-state index < -0.39 is 29.7 Å². The van der Waals surface area contributed by atoms with Crippen LogP contribution in [0.4, 0.5) is 26.3 Å². The van der Waals surface area contributed by atoms with Gasteiger partial charge in [0.25, 0.3) is 0 Å². The van der Waals surface area contributed by atoms with E-state index in [1.807, 2.05) is 0 Å². The molecule has 0 saturated carbocycles. The molecule has 0 amide bonds. The Morgan fingerprint density at radius 1 is 1.00 bits per heavy atom. The molecule has 0 N–H and O–H groups in total. The molecule has 1 rings (SSSR count). The molecule has 2 nitrogen and oxygen atoms in total. The van der Waals surface area contributed by atoms with Crippen LogP contribution in [0.3, 0.4) is 0 Å². The van der Waals surface area contributed by atoms with Crippen LogP contribution in [-0.4, -0.2) is 4.98 Å². The molecule has 0 aliphatic carbocycles. The highest BCUT2D eigenvalue weighted by Gasteiger charge is 2.48. The Hall–Kier alpha value is -1.21. The zero-order chi connectivity index (χ0) is 11.1. The van der Waals surface area contributed by atoms with Gasteiger partial charge in [-0.2, -0.15) is 26.3 Å². The van der Waals surface area contributed by atoms with E-state index in [1.165, 1.54) is 0 Å². The lowest BCUT2D eigenvalue weighted by Gasteiger charge is -2.06. The minimum absolute atomic E-state index is 0.676. The first-order valence-corrected chi connectivity index (χ1v) is 3.24. The molecule has 0 saturated heterocycles. The van der Waals surface area contributed by atoms with Crippen LogP contribution in [0.2, 0.25) is 0 Å². The highest BCUT2D eigenvalue weighted by molar-refractivity contribution is 5.16. The first kappa shape index (κ1) is 10.9. The van der Waals surface area contributed by atoms with Crippen LogP contribution in [0.15, 0.2) is 4.42 Å². The Kier molecular flexibility index (Phi) is 2.24. The SMILES string of the molecule is Cc1nc(C(F)(F)F)c(C(F)(F)F)o1. The quantitative estimate of drug-likeness (QED) is 0.627. The molecule has 0 aromatic carbocycles. The van der Waals surface area contributed by atoms with Crippen molar-refractivity contribution in [1.82, 2.24) is 4.98 Å². The number of halogens is 6. The Morgan fingerprint density at radius 3 is 1.79 bits per heavy atom. The van der Waals surface area contributed by atoms with Gasteiger partial charge in [0.15, 0.2) is 11.6 Å². The molecule has 1 heterocycles. The predicted molar refractivity (Wildman–Crippen MR) is 31.2 cm³/mol. The van der Waals surface area contributed by atoms with Gasteiger partial charge in [0.05, 0.1) is 0 Å². The van der Waals surface area contributed by atoms with Crippen LogP contribution in [0.5, 0.6) is 0 Å². The van der Waals surface area contributed by atoms with Crippen molar-refractivity contribution in [2.24, 2.45) is 0 Å². The molecular weight excluding hydrogens is 216 g/mol. The molecule has 14 heavy (non-hydrogen) atoms. The van der Waals surface area contributed by atoms with Crippen molar-refractivity contribution in [3.05, 3.63) is 17.3 Å². The summed E-state index contributed by atoms with van der Waals surface area (Å²) in [6.07, 6.45) is -10.4. The maximum Gasteiger partial charge on any atom is 0.451 e. The van der Waals surface area contributed by atoms with Crippen molar-refractivity contribution in [2.75, 3.05) is 0 Å². The highest BCUT2D eigenvalue weighted by Crippen LogP contribution is 2.40. The number of aromatic nitrogens is 1. The van der Waals surface area contributed by atoms with Gasteiger partial charge in [-0.05, 0) is 0 Å². The van der Waals surface area contributed by atoms with Gasteiger partial charge < -0.3 is 4.42 Å². The smallest absolute Gasteiger partial charge is 0.436 e. The van der Waals surface area contributed by atoms with Crippen LogP contribution in [0, 0.1) is 6.92 Å². The number of oxazole rings is 1. The van der Waals surface area contributed by atoms with Crippen LogP contribution >= 0.6 is 0 Å². The van der Waals surface area contributed by atoms with Gasteiger partial charge in [-0.15, -0.1) is 0 Å². The van der Waals surface area contributed by atoms with Gasteiger partial charge in [0.1, 0.15) is 0 Å². The maximum absolute atomic E-state index is 12.0. The molecule has 0 aliphatic rings. The van der Waals surface area contributed by atoms with Crippen LogP contribution in [-0.2, 0) is 12.4 Å². The van der Waals surface area contributed by atoms with Crippen molar-refractivity contribution in [1.29, 1.82) is 0 Å². The third kappa shape index (κ3) is 1.99. The minimum atomic E-state index is -5.19. The zero-order valence-corrected chi connectivity index (χ0v) is 6.62. The summed E-state index contributed by atoms with van der Waals surface area (Å²) in [5, 5.41) is 0. The van der Waals surface area contributed by atoms with Crippen molar-refractivity contribution < 1.29 is 30.8 Å². The molecule has 0 fully saturated rings. The first-order valence-electron chi connectivity index (χ1n) is 3.24. The Labute approximate surface area is 73.5 Å². The lowest BCUT2D eigenvalue weighted by atomic mass is 10.3. The largest absolute Gasteiger partial charge is 0.451 e. The summed E-state index contributed by atoms with van der Waals surface area (Å²) in [5.41, 5.74) is -2.04. The minimum Gasteiger partial charge on any atom is -0.436 e. The van der Waals surface area contributed by atoms with E-state index in [1.54, 1.807) is 0 Å². The van der Waals surface area contributed by atoms with Gasteiger partial charge >= 0.3 is 12.4 Å². The van der Waals surface area contributed by atoms with Gasteiger partial charge in [0.2, 0.25) is 5.76 Å². The summed E-state index contributed by atoms with van der Waals surface area (Å²) in [7, 11) is 0. The summed E-state index contributed by atoms with van der Waals surface area (Å²) < 4.78 is 75.6. The summed E-state index contributed by atoms with van der Waals surface area (Å²) in [4.78, 5) is 2.64. The summed E-state index contributed by atoms with van der Waals surface area (Å²) in [5.74, 6) is -2.79. The topological polar surface area (TPSA) is 26.0 Å². The second-order valence-corrected chi connectivity index (χ2v) is 2.41. The van der Waals surface area contributed by atoms with Gasteiger partial charge in [-0.25, -0.2) is 4.98 Å². The lowest BCUT2D eigenvalue weighted by molar-refractivity contribution is -0.174. The fraction of sp³-hybridized carbons (Fsp3) is 0.500. The standard InChI is InChI=1S/C6H3F6NO/c1-2-13-3(5(7,8)9)4(14-2)6(10,11)12/h1H3. The Balaban J connectivity index is 3.31. The zero-order valence-electron chi connectivity index (χ0n) is 6.62. The molecule has 0 bridgehead atoms. The van der Waals surface area contributed by atoms with E-state index in [-0.39, 0.29) is 0 Å². The Morgan fingerprint density at radius 2 is 1.50 bits per heavy atom. The van der Waals surface area contributed by atoms with Crippen LogP contribution in [0.1, 0.15) is 17.3 Å². The average Bonchev–Trinajstić information content (AvgIpc) is 2.27. The lowest BCUT2D eigenvalue weighted by Crippen LogP contribution is -2.15. The maximum atomic E-state index is 12.0. The van der Waals surface area contributed by atoms with Gasteiger partial charge in [-0.1, -0.05) is 0 Å². The molecule has 1 aromatic rings. The highest BCUT2D eigenvalue weighted by atomic mass is 19.4. The third-order valence-electron chi connectivity index (χ3n) is 1.26. The van der Waals surface area contributed by atoms with Crippen molar-refractivity contribution >= 4 is 0 Å². The van der Waals surface area contributed by atoms with E-state index in [2.05, 4.69) is 9.40 Å². The van der Waals surface area contributed by atoms with Gasteiger partial charge in [-0.3, -0.25) is 0 Å². The fourth-order valence-electron chi connectivity index (χ4n) is 0.811. The van der Waals surface area contributed by atoms with Crippen molar-refractivity contribution in [2.45, 2.75) is 19.3 Å². The molecule has 0 aliphatic heterocycles. The molecule has 0 atom stereocenters. The van der Waals surface area contributed by atoms with Crippen LogP contribution in [0.25, 0.3) is 0 Å². The van der Waals surface area contributed by atoms with Crippen LogP contribution < -0.4 is 0 Å². The second kappa shape index (κ2) is 2.89. The summed E-state index contributed by atoms with van der Waals surface area (Å²) in [6, 6.07) is 0. The molecule has 1 aromatic heterocycles. The van der Waals surface area contributed by atoms with E-state index in [4.69, 9.17) is 0 Å². The van der Waals surface area contributed by atoms with Crippen molar-refractivity contribution in [3.63, 3.8) is 0 Å². The number of hydrogen-bond donors (Lipinski definition) is 0. The second-order valence-electron chi connectivity index (χ2n) is 2.41. The molecule has 8 heteroatoms. The summed E-state index contributed by atoms with van der Waals surface area (Å²) >= 11 is 0. The monoisotopic (exact) mass is 219 g/mol. The van der Waals surface area contributed by atoms with E-state index in [0.717, 1.165) is 6.92 Å². The molecule has 0 spiro atoms. The fourth-order valence-corrected chi connectivity index (χ4v) is 0.811. The molecule has 0 unspecified atom stereocenters. The van der Waals surface area contributed by atoms with E-state index >= 15 is 0 Å². The molecular formula is C6H3F6NO. The number of aryl methyl sites for hydroxylation is 1. The number of alkyl halides is 6. The predicted octanol–water partition coefficient (Wildman–Crippen LogP) is 3.02. The summed E-state index contributed by atoms with van der Waals surface area (Å²) in [6.45, 7) is 0.907. The third-order valence-corrected chi connectivity index (χ3v) is 1.26. The normalized spacial score (nSPS) is 13.4. The average molecular weight is 219 g/mol. The number of hydrogen-bond acceptors (Lipinski definition) is 2. The van der Waals surface area contributed by atoms with E-state index in [9.17, 15) is 26.3 Å². The van der Waals surface area contributed by atoms with Crippen molar-refractivity contribution in [3.8, 4) is 0 Å². The first-order chi connectivity index (χ1) is 6.12. The molecule has 0 radical (unpaired) electrons. The number of rotatable bonds is 0. The van der Waals surface area contributed by atoms with E-state index in [0.29, 0.717) is 0 Å². The molecule has 80 valence electrons. The number of nitrogens with zero attached hydrogens (tertiary/aromatic N) is 1. The Bertz CT molecular complexity index is 304.